The Morgan fingerprint density at radius 3 is 2.67 bits per heavy atom. The zero-order valence-corrected chi connectivity index (χ0v) is 11.1. The van der Waals surface area contributed by atoms with Crippen LogP contribution in [0.5, 0.6) is 0 Å². The van der Waals surface area contributed by atoms with E-state index >= 15 is 0 Å². The quantitative estimate of drug-likeness (QED) is 0.813. The molecule has 0 saturated heterocycles. The number of benzene rings is 1. The first kappa shape index (κ1) is 15.0. The fourth-order valence-electron chi connectivity index (χ4n) is 1.87. The molecule has 0 spiro atoms. The monoisotopic (exact) mass is 298 g/mol. The lowest BCUT2D eigenvalue weighted by Crippen LogP contribution is -2.16. The van der Waals surface area contributed by atoms with Crippen molar-refractivity contribution in [2.45, 2.75) is 19.6 Å². The number of carbonyl (C=O) groups excluding carboxylic acids is 1. The lowest BCUT2D eigenvalue weighted by atomic mass is 10.1. The SMILES string of the molecule is Cc1[nH]ncc1C(=O)Nc1ccc(CN)c(C(F)(F)F)c1. The van der Waals surface area contributed by atoms with Crippen molar-refractivity contribution in [3.8, 4) is 0 Å². The van der Waals surface area contributed by atoms with Gasteiger partial charge in [-0.05, 0) is 24.6 Å². The lowest BCUT2D eigenvalue weighted by Gasteiger charge is -2.14. The van der Waals surface area contributed by atoms with E-state index in [0.29, 0.717) is 5.69 Å². The third-order valence-corrected chi connectivity index (χ3v) is 2.97. The van der Waals surface area contributed by atoms with E-state index in [1.54, 1.807) is 6.92 Å². The van der Waals surface area contributed by atoms with Crippen molar-refractivity contribution in [2.75, 3.05) is 5.32 Å². The minimum Gasteiger partial charge on any atom is -0.326 e. The molecule has 0 aliphatic heterocycles. The third-order valence-electron chi connectivity index (χ3n) is 2.97. The Balaban J connectivity index is 2.30. The molecule has 1 amide bonds. The van der Waals surface area contributed by atoms with Crippen LogP contribution in [-0.2, 0) is 12.7 Å². The van der Waals surface area contributed by atoms with Gasteiger partial charge in [0.15, 0.2) is 0 Å². The first-order valence-electron chi connectivity index (χ1n) is 6.04. The molecule has 1 aromatic heterocycles. The molecule has 21 heavy (non-hydrogen) atoms. The maximum Gasteiger partial charge on any atom is 0.416 e. The summed E-state index contributed by atoms with van der Waals surface area (Å²) in [5.41, 5.74) is 5.26. The first-order chi connectivity index (χ1) is 9.82. The summed E-state index contributed by atoms with van der Waals surface area (Å²) in [7, 11) is 0. The molecule has 1 heterocycles. The molecule has 4 N–H and O–H groups in total. The summed E-state index contributed by atoms with van der Waals surface area (Å²) in [5, 5.41) is 8.68. The Labute approximate surface area is 118 Å². The molecule has 0 unspecified atom stereocenters. The molecule has 112 valence electrons. The summed E-state index contributed by atoms with van der Waals surface area (Å²) >= 11 is 0. The van der Waals surface area contributed by atoms with Crippen molar-refractivity contribution in [1.29, 1.82) is 0 Å². The number of rotatable bonds is 3. The van der Waals surface area contributed by atoms with Crippen LogP contribution in [0.4, 0.5) is 18.9 Å². The molecule has 0 aliphatic rings. The highest BCUT2D eigenvalue weighted by atomic mass is 19.4. The Bertz CT molecular complexity index is 664. The van der Waals surface area contributed by atoms with Crippen molar-refractivity contribution in [2.24, 2.45) is 5.73 Å². The molecule has 8 heteroatoms. The average Bonchev–Trinajstić information content (AvgIpc) is 2.84. The predicted octanol–water partition coefficient (Wildman–Crippen LogP) is 2.45. The maximum atomic E-state index is 12.9. The van der Waals surface area contributed by atoms with Gasteiger partial charge in [-0.1, -0.05) is 6.07 Å². The van der Waals surface area contributed by atoms with Crippen molar-refractivity contribution in [1.82, 2.24) is 10.2 Å². The van der Waals surface area contributed by atoms with Crippen molar-refractivity contribution in [3.05, 3.63) is 46.8 Å². The van der Waals surface area contributed by atoms with Gasteiger partial charge in [-0.2, -0.15) is 18.3 Å². The fourth-order valence-corrected chi connectivity index (χ4v) is 1.87. The number of nitrogens with one attached hydrogen (secondary N) is 2. The lowest BCUT2D eigenvalue weighted by molar-refractivity contribution is -0.138. The second-order valence-corrected chi connectivity index (χ2v) is 4.44. The van der Waals surface area contributed by atoms with Crippen LogP contribution in [-0.4, -0.2) is 16.1 Å². The smallest absolute Gasteiger partial charge is 0.326 e. The summed E-state index contributed by atoms with van der Waals surface area (Å²) in [6.07, 6.45) is -3.22. The van der Waals surface area contributed by atoms with E-state index in [1.807, 2.05) is 0 Å². The van der Waals surface area contributed by atoms with Crippen LogP contribution in [0, 0.1) is 6.92 Å². The topological polar surface area (TPSA) is 83.8 Å². The van der Waals surface area contributed by atoms with Crippen molar-refractivity contribution in [3.63, 3.8) is 0 Å². The fraction of sp³-hybridized carbons (Fsp3) is 0.231. The number of nitrogens with two attached hydrogens (primary N) is 1. The molecule has 0 bridgehead atoms. The van der Waals surface area contributed by atoms with Gasteiger partial charge < -0.3 is 11.1 Å². The van der Waals surface area contributed by atoms with Gasteiger partial charge in [0, 0.05) is 17.9 Å². The van der Waals surface area contributed by atoms with Crippen LogP contribution >= 0.6 is 0 Å². The standard InChI is InChI=1S/C13H13F3N4O/c1-7-10(6-18-20-7)12(21)19-9-3-2-8(5-17)11(4-9)13(14,15)16/h2-4,6H,5,17H2,1H3,(H,18,20)(H,19,21). The van der Waals surface area contributed by atoms with E-state index in [4.69, 9.17) is 5.73 Å². The summed E-state index contributed by atoms with van der Waals surface area (Å²) in [4.78, 5) is 11.9. The first-order valence-corrected chi connectivity index (χ1v) is 6.04. The number of hydrogen-bond donors (Lipinski definition) is 3. The molecule has 0 aliphatic carbocycles. The van der Waals surface area contributed by atoms with Crippen molar-refractivity contribution < 1.29 is 18.0 Å². The van der Waals surface area contributed by atoms with Gasteiger partial charge in [-0.25, -0.2) is 0 Å². The number of aryl methyl sites for hydroxylation is 1. The molecule has 0 fully saturated rings. The van der Waals surface area contributed by atoms with Gasteiger partial charge in [-0.15, -0.1) is 0 Å². The summed E-state index contributed by atoms with van der Waals surface area (Å²) < 4.78 is 38.7. The Morgan fingerprint density at radius 1 is 1.43 bits per heavy atom. The van der Waals surface area contributed by atoms with E-state index in [2.05, 4.69) is 15.5 Å². The normalized spacial score (nSPS) is 11.5. The van der Waals surface area contributed by atoms with Crippen LogP contribution in [0.15, 0.2) is 24.4 Å². The molecule has 0 saturated carbocycles. The van der Waals surface area contributed by atoms with Gasteiger partial charge in [0.2, 0.25) is 0 Å². The molecule has 0 atom stereocenters. The van der Waals surface area contributed by atoms with E-state index in [0.717, 1.165) is 6.07 Å². The van der Waals surface area contributed by atoms with E-state index in [-0.39, 0.29) is 23.4 Å². The number of amides is 1. The van der Waals surface area contributed by atoms with Crippen LogP contribution in [0.3, 0.4) is 0 Å². The predicted molar refractivity (Wildman–Crippen MR) is 70.6 cm³/mol. The molecule has 2 rings (SSSR count). The Hall–Kier alpha value is -2.35. The van der Waals surface area contributed by atoms with Gasteiger partial charge in [0.25, 0.3) is 5.91 Å². The average molecular weight is 298 g/mol. The maximum absolute atomic E-state index is 12.9. The summed E-state index contributed by atoms with van der Waals surface area (Å²) in [6.45, 7) is 1.41. The van der Waals surface area contributed by atoms with E-state index in [9.17, 15) is 18.0 Å². The van der Waals surface area contributed by atoms with Crippen LogP contribution in [0.2, 0.25) is 0 Å². The van der Waals surface area contributed by atoms with E-state index in [1.165, 1.54) is 18.3 Å². The highest BCUT2D eigenvalue weighted by molar-refractivity contribution is 6.04. The second kappa shape index (κ2) is 5.57. The van der Waals surface area contributed by atoms with Gasteiger partial charge >= 0.3 is 6.18 Å². The molecular weight excluding hydrogens is 285 g/mol. The van der Waals surface area contributed by atoms with Gasteiger partial charge in [0.05, 0.1) is 17.3 Å². The van der Waals surface area contributed by atoms with Crippen LogP contribution in [0.1, 0.15) is 27.2 Å². The minimum absolute atomic E-state index is 0.0278. The number of halogens is 3. The van der Waals surface area contributed by atoms with Crippen molar-refractivity contribution >= 4 is 11.6 Å². The number of nitrogens with zero attached hydrogens (tertiary/aromatic N) is 1. The van der Waals surface area contributed by atoms with Crippen LogP contribution in [0.25, 0.3) is 0 Å². The number of alkyl halides is 3. The van der Waals surface area contributed by atoms with Gasteiger partial charge in [-0.3, -0.25) is 9.89 Å². The number of carbonyl (C=O) groups is 1. The number of H-pyrrole nitrogens is 1. The molecule has 0 radical (unpaired) electrons. The minimum atomic E-state index is -4.53. The number of hydrogen-bond acceptors (Lipinski definition) is 3. The number of anilines is 1. The molecular formula is C13H13F3N4O. The summed E-state index contributed by atoms with van der Waals surface area (Å²) in [5.74, 6) is -0.533. The van der Waals surface area contributed by atoms with Gasteiger partial charge in [0.1, 0.15) is 0 Å². The molecule has 5 nitrogen and oxygen atoms in total. The highest BCUT2D eigenvalue weighted by Gasteiger charge is 2.33. The van der Waals surface area contributed by atoms with Crippen LogP contribution < -0.4 is 11.1 Å². The third kappa shape index (κ3) is 3.22. The zero-order chi connectivity index (χ0) is 15.6. The Kier molecular flexibility index (Phi) is 3.99. The Morgan fingerprint density at radius 2 is 2.14 bits per heavy atom. The summed E-state index contributed by atoms with van der Waals surface area (Å²) in [6, 6.07) is 3.50. The second-order valence-electron chi connectivity index (χ2n) is 4.44. The zero-order valence-electron chi connectivity index (χ0n) is 11.1. The molecule has 1 aromatic carbocycles. The number of aromatic nitrogens is 2. The van der Waals surface area contributed by atoms with E-state index < -0.39 is 17.6 Å². The number of aromatic amines is 1. The largest absolute Gasteiger partial charge is 0.416 e. The highest BCUT2D eigenvalue weighted by Crippen LogP contribution is 2.33. The molecule has 2 aromatic rings.